The van der Waals surface area contributed by atoms with E-state index in [1.165, 1.54) is 28.8 Å². The van der Waals surface area contributed by atoms with Crippen LogP contribution in [-0.4, -0.2) is 56.6 Å². The predicted molar refractivity (Wildman–Crippen MR) is 172 cm³/mol. The molecular formula is C32H38ClN3O5S2. The highest BCUT2D eigenvalue weighted by Gasteiger charge is 2.33. The fourth-order valence-electron chi connectivity index (χ4n) is 5.04. The summed E-state index contributed by atoms with van der Waals surface area (Å²) >= 11 is 7.59. The van der Waals surface area contributed by atoms with Crippen molar-refractivity contribution < 1.29 is 22.7 Å². The molecule has 0 bridgehead atoms. The van der Waals surface area contributed by atoms with Gasteiger partial charge in [-0.2, -0.15) is 0 Å². The van der Waals surface area contributed by atoms with Crippen molar-refractivity contribution in [2.45, 2.75) is 68.0 Å². The lowest BCUT2D eigenvalue weighted by atomic mass is 10.1. The molecule has 0 radical (unpaired) electrons. The molecule has 0 saturated heterocycles. The average molecular weight is 644 g/mol. The van der Waals surface area contributed by atoms with Crippen molar-refractivity contribution in [3.63, 3.8) is 0 Å². The van der Waals surface area contributed by atoms with Crippen LogP contribution in [0.4, 0.5) is 5.69 Å². The van der Waals surface area contributed by atoms with Crippen molar-refractivity contribution in [1.82, 2.24) is 10.2 Å². The zero-order valence-corrected chi connectivity index (χ0v) is 27.1. The van der Waals surface area contributed by atoms with Crippen LogP contribution in [0.3, 0.4) is 0 Å². The van der Waals surface area contributed by atoms with Crippen LogP contribution in [0.15, 0.2) is 82.6 Å². The molecule has 11 heteroatoms. The number of nitrogens with one attached hydrogen (secondary N) is 1. The van der Waals surface area contributed by atoms with Gasteiger partial charge in [-0.1, -0.05) is 36.6 Å². The molecule has 4 rings (SSSR count). The molecule has 3 aromatic carbocycles. The van der Waals surface area contributed by atoms with Crippen molar-refractivity contribution in [2.24, 2.45) is 0 Å². The van der Waals surface area contributed by atoms with Crippen molar-refractivity contribution in [1.29, 1.82) is 0 Å². The Morgan fingerprint density at radius 1 is 1.00 bits per heavy atom. The second kappa shape index (κ2) is 15.0. The molecule has 1 aliphatic carbocycles. The Hall–Kier alpha value is -3.21. The second-order valence-corrected chi connectivity index (χ2v) is 13.6. The first-order chi connectivity index (χ1) is 20.6. The van der Waals surface area contributed by atoms with E-state index >= 15 is 0 Å². The van der Waals surface area contributed by atoms with Gasteiger partial charge in [-0.25, -0.2) is 8.42 Å². The lowest BCUT2D eigenvalue weighted by Crippen LogP contribution is -2.52. The zero-order valence-electron chi connectivity index (χ0n) is 24.7. The molecule has 230 valence electrons. The fourth-order valence-corrected chi connectivity index (χ4v) is 6.99. The Labute approximate surface area is 263 Å². The number of rotatable bonds is 13. The van der Waals surface area contributed by atoms with E-state index < -0.39 is 28.5 Å². The molecule has 0 aliphatic heterocycles. The number of carbonyl (C=O) groups is 2. The number of thioether (sulfide) groups is 1. The van der Waals surface area contributed by atoms with Crippen LogP contribution < -0.4 is 14.4 Å². The maximum absolute atomic E-state index is 14.1. The van der Waals surface area contributed by atoms with E-state index in [-0.39, 0.29) is 23.4 Å². The summed E-state index contributed by atoms with van der Waals surface area (Å²) in [5.74, 6) is -0.194. The van der Waals surface area contributed by atoms with Gasteiger partial charge in [0, 0.05) is 22.5 Å². The number of hydrogen-bond donors (Lipinski definition) is 1. The van der Waals surface area contributed by atoms with Gasteiger partial charge in [0.2, 0.25) is 11.8 Å². The highest BCUT2D eigenvalue weighted by Crippen LogP contribution is 2.28. The maximum Gasteiger partial charge on any atom is 0.264 e. The SMILES string of the molecule is CCOc1ccc(N(CC(=O)N(Cc2ccc(Cl)cc2)[C@@H](C)C(=O)NC2CCCC2)S(=O)(=O)c2ccc(SC)cc2)cc1. The minimum atomic E-state index is -4.16. The number of nitrogens with zero attached hydrogens (tertiary/aromatic N) is 2. The minimum Gasteiger partial charge on any atom is -0.494 e. The molecule has 0 spiro atoms. The van der Waals surface area contributed by atoms with Gasteiger partial charge in [0.25, 0.3) is 10.0 Å². The van der Waals surface area contributed by atoms with Gasteiger partial charge in [-0.3, -0.25) is 13.9 Å². The number of hydrogen-bond acceptors (Lipinski definition) is 6. The maximum atomic E-state index is 14.1. The van der Waals surface area contributed by atoms with Crippen LogP contribution in [-0.2, 0) is 26.2 Å². The number of ether oxygens (including phenoxy) is 1. The van der Waals surface area contributed by atoms with Crippen LogP contribution in [0.5, 0.6) is 5.75 Å². The fraction of sp³-hybridized carbons (Fsp3) is 0.375. The number of amides is 2. The minimum absolute atomic E-state index is 0.0586. The molecule has 3 aromatic rings. The highest BCUT2D eigenvalue weighted by molar-refractivity contribution is 7.98. The predicted octanol–water partition coefficient (Wildman–Crippen LogP) is 6.13. The van der Waals surface area contributed by atoms with E-state index in [2.05, 4.69) is 5.32 Å². The van der Waals surface area contributed by atoms with E-state index in [1.54, 1.807) is 67.6 Å². The summed E-state index contributed by atoms with van der Waals surface area (Å²) in [6.07, 6.45) is 5.83. The first-order valence-corrected chi connectivity index (χ1v) is 17.4. The van der Waals surface area contributed by atoms with Crippen LogP contribution >= 0.6 is 23.4 Å². The third-order valence-corrected chi connectivity index (χ3v) is 10.3. The van der Waals surface area contributed by atoms with Gasteiger partial charge in [-0.05, 0) is 99.2 Å². The zero-order chi connectivity index (χ0) is 31.0. The number of halogens is 1. The molecule has 1 atom stereocenters. The summed E-state index contributed by atoms with van der Waals surface area (Å²) in [5, 5.41) is 3.63. The molecule has 0 aromatic heterocycles. The largest absolute Gasteiger partial charge is 0.494 e. The van der Waals surface area contributed by atoms with Crippen LogP contribution in [0.25, 0.3) is 0 Å². The van der Waals surface area contributed by atoms with Gasteiger partial charge < -0.3 is 15.0 Å². The Morgan fingerprint density at radius 2 is 1.63 bits per heavy atom. The smallest absolute Gasteiger partial charge is 0.264 e. The molecule has 1 aliphatic rings. The Bertz CT molecular complexity index is 1480. The quantitative estimate of drug-likeness (QED) is 0.225. The summed E-state index contributed by atoms with van der Waals surface area (Å²) in [6, 6.07) is 19.4. The molecule has 8 nitrogen and oxygen atoms in total. The second-order valence-electron chi connectivity index (χ2n) is 10.4. The molecule has 0 heterocycles. The lowest BCUT2D eigenvalue weighted by Gasteiger charge is -2.32. The molecule has 1 N–H and O–H groups in total. The molecule has 0 unspecified atom stereocenters. The summed E-state index contributed by atoms with van der Waals surface area (Å²) in [7, 11) is -4.16. The average Bonchev–Trinajstić information content (AvgIpc) is 3.53. The first kappa shape index (κ1) is 32.7. The number of benzene rings is 3. The Balaban J connectivity index is 1.68. The van der Waals surface area contributed by atoms with Gasteiger partial charge in [-0.15, -0.1) is 11.8 Å². The first-order valence-electron chi connectivity index (χ1n) is 14.4. The number of anilines is 1. The molecular weight excluding hydrogens is 606 g/mol. The van der Waals surface area contributed by atoms with Gasteiger partial charge in [0.1, 0.15) is 18.3 Å². The van der Waals surface area contributed by atoms with Gasteiger partial charge in [0.15, 0.2) is 0 Å². The summed E-state index contributed by atoms with van der Waals surface area (Å²) in [4.78, 5) is 29.9. The topological polar surface area (TPSA) is 96.0 Å². The summed E-state index contributed by atoms with van der Waals surface area (Å²) in [6.45, 7) is 3.60. The van der Waals surface area contributed by atoms with E-state index in [0.29, 0.717) is 23.1 Å². The van der Waals surface area contributed by atoms with E-state index in [4.69, 9.17) is 16.3 Å². The molecule has 43 heavy (non-hydrogen) atoms. The summed E-state index contributed by atoms with van der Waals surface area (Å²) < 4.78 is 34.7. The molecule has 1 saturated carbocycles. The third-order valence-electron chi connectivity index (χ3n) is 7.50. The standard InChI is InChI=1S/C32H38ClN3O5S2/c1-4-41-28-15-13-27(14-16-28)36(43(39,40)30-19-17-29(42-3)18-20-30)22-31(37)35(21-24-9-11-25(33)12-10-24)23(2)32(38)34-26-7-5-6-8-26/h9-20,23,26H,4-8,21-22H2,1-3H3,(H,34,38)/t23-/m0/s1. The van der Waals surface area contributed by atoms with E-state index in [1.807, 2.05) is 13.2 Å². The van der Waals surface area contributed by atoms with Crippen molar-refractivity contribution in [2.75, 3.05) is 23.7 Å². The van der Waals surface area contributed by atoms with Crippen LogP contribution in [0.2, 0.25) is 5.02 Å². The van der Waals surface area contributed by atoms with Crippen molar-refractivity contribution in [3.05, 3.63) is 83.4 Å². The molecule has 2 amide bonds. The Morgan fingerprint density at radius 3 is 2.21 bits per heavy atom. The van der Waals surface area contributed by atoms with Crippen molar-refractivity contribution >= 4 is 50.9 Å². The van der Waals surface area contributed by atoms with Gasteiger partial charge >= 0.3 is 0 Å². The number of carbonyl (C=O) groups excluding carboxylic acids is 2. The Kier molecular flexibility index (Phi) is 11.4. The number of sulfonamides is 1. The lowest BCUT2D eigenvalue weighted by molar-refractivity contribution is -0.139. The normalized spacial score (nSPS) is 14.2. The van der Waals surface area contributed by atoms with E-state index in [0.717, 1.165) is 40.4 Å². The highest BCUT2D eigenvalue weighted by atomic mass is 35.5. The van der Waals surface area contributed by atoms with Crippen LogP contribution in [0, 0.1) is 0 Å². The van der Waals surface area contributed by atoms with Crippen LogP contribution in [0.1, 0.15) is 45.1 Å². The monoisotopic (exact) mass is 643 g/mol. The third kappa shape index (κ3) is 8.46. The van der Waals surface area contributed by atoms with E-state index in [9.17, 15) is 18.0 Å². The van der Waals surface area contributed by atoms with Gasteiger partial charge in [0.05, 0.1) is 17.2 Å². The molecule has 1 fully saturated rings. The summed E-state index contributed by atoms with van der Waals surface area (Å²) in [5.41, 5.74) is 1.07. The van der Waals surface area contributed by atoms with Crippen molar-refractivity contribution in [3.8, 4) is 5.75 Å².